The van der Waals surface area contributed by atoms with Gasteiger partial charge in [0.2, 0.25) is 0 Å². The molecule has 0 aliphatic carbocycles. The lowest BCUT2D eigenvalue weighted by molar-refractivity contribution is -0.385. The number of nitro groups is 1. The molecule has 2 rings (SSSR count). The van der Waals surface area contributed by atoms with Crippen molar-refractivity contribution < 1.29 is 18.1 Å². The maximum atomic E-state index is 12.8. The molecule has 0 aliphatic heterocycles. The second-order valence-corrected chi connectivity index (χ2v) is 6.49. The van der Waals surface area contributed by atoms with Crippen LogP contribution in [0.2, 0.25) is 0 Å². The molecule has 0 saturated carbocycles. The lowest BCUT2D eigenvalue weighted by atomic mass is 10.3. The number of benzene rings is 2. The van der Waals surface area contributed by atoms with Gasteiger partial charge in [0, 0.05) is 24.7 Å². The monoisotopic (exact) mass is 336 g/mol. The molecule has 0 aromatic heterocycles. The smallest absolute Gasteiger partial charge is 0.270 e. The minimum Gasteiger partial charge on any atom is -0.497 e. The van der Waals surface area contributed by atoms with Crippen molar-refractivity contribution in [1.29, 1.82) is 0 Å². The molecule has 2 aromatic carbocycles. The zero-order valence-corrected chi connectivity index (χ0v) is 13.5. The topological polar surface area (TPSA) is 89.8 Å². The van der Waals surface area contributed by atoms with Crippen molar-refractivity contribution in [3.63, 3.8) is 0 Å². The highest BCUT2D eigenvalue weighted by atomic mass is 32.2. The normalized spacial score (nSPS) is 11.0. The molecule has 0 saturated heterocycles. The molecule has 0 N–H and O–H groups in total. The maximum absolute atomic E-state index is 12.8. The third-order valence-corrected chi connectivity index (χ3v) is 5.14. The Hall–Kier alpha value is -2.61. The molecule has 23 heavy (non-hydrogen) atoms. The van der Waals surface area contributed by atoms with E-state index in [4.69, 9.17) is 4.74 Å². The Morgan fingerprint density at radius 2 is 1.87 bits per heavy atom. The molecule has 0 bridgehead atoms. The summed E-state index contributed by atoms with van der Waals surface area (Å²) in [7, 11) is -2.42. The summed E-state index contributed by atoms with van der Waals surface area (Å²) in [6, 6.07) is 11.6. The standard InChI is InChI=1S/C15H16N2O5S/c1-3-16(12-6-4-8-14(10-12)22-2)23(20,21)15-9-5-7-13(11-15)17(18)19/h4-11H,3H2,1-2H3. The van der Waals surface area contributed by atoms with E-state index < -0.39 is 14.9 Å². The number of anilines is 1. The molecule has 0 aliphatic rings. The first-order chi connectivity index (χ1) is 10.9. The molecule has 7 nitrogen and oxygen atoms in total. The Morgan fingerprint density at radius 3 is 2.48 bits per heavy atom. The number of hydrogen-bond donors (Lipinski definition) is 0. The summed E-state index contributed by atoms with van der Waals surface area (Å²) in [5, 5.41) is 10.9. The largest absolute Gasteiger partial charge is 0.497 e. The number of nitrogens with zero attached hydrogens (tertiary/aromatic N) is 2. The lowest BCUT2D eigenvalue weighted by Crippen LogP contribution is -2.30. The molecular formula is C15H16N2O5S. The summed E-state index contributed by atoms with van der Waals surface area (Å²) >= 11 is 0. The van der Waals surface area contributed by atoms with Gasteiger partial charge in [-0.3, -0.25) is 14.4 Å². The van der Waals surface area contributed by atoms with Gasteiger partial charge < -0.3 is 4.74 Å². The van der Waals surface area contributed by atoms with Gasteiger partial charge >= 0.3 is 0 Å². The van der Waals surface area contributed by atoms with Gasteiger partial charge in [-0.1, -0.05) is 12.1 Å². The highest BCUT2D eigenvalue weighted by molar-refractivity contribution is 7.92. The van der Waals surface area contributed by atoms with Crippen molar-refractivity contribution in [2.75, 3.05) is 18.0 Å². The van der Waals surface area contributed by atoms with E-state index >= 15 is 0 Å². The molecule has 0 radical (unpaired) electrons. The van der Waals surface area contributed by atoms with Gasteiger partial charge in [-0.25, -0.2) is 8.42 Å². The van der Waals surface area contributed by atoms with Crippen LogP contribution in [0.1, 0.15) is 6.92 Å². The van der Waals surface area contributed by atoms with E-state index in [0.29, 0.717) is 11.4 Å². The molecule has 8 heteroatoms. The molecule has 0 spiro atoms. The number of ether oxygens (including phenoxy) is 1. The van der Waals surface area contributed by atoms with Crippen molar-refractivity contribution in [2.24, 2.45) is 0 Å². The van der Waals surface area contributed by atoms with Crippen LogP contribution in [0.15, 0.2) is 53.4 Å². The summed E-state index contributed by atoms with van der Waals surface area (Å²) in [5.74, 6) is 0.523. The molecule has 0 amide bonds. The minimum absolute atomic E-state index is 0.128. The molecule has 0 heterocycles. The Balaban J connectivity index is 2.50. The van der Waals surface area contributed by atoms with E-state index in [2.05, 4.69) is 0 Å². The predicted octanol–water partition coefficient (Wildman–Crippen LogP) is 2.82. The van der Waals surface area contributed by atoms with Gasteiger partial charge in [0.1, 0.15) is 5.75 Å². The number of hydrogen-bond acceptors (Lipinski definition) is 5. The first-order valence-corrected chi connectivity index (χ1v) is 8.25. The van der Waals surface area contributed by atoms with Crippen LogP contribution in [0.25, 0.3) is 0 Å². The Bertz CT molecular complexity index is 820. The third kappa shape index (κ3) is 3.42. The molecule has 0 fully saturated rings. The van der Waals surface area contributed by atoms with Crippen LogP contribution in [-0.4, -0.2) is 27.0 Å². The van der Waals surface area contributed by atoms with Gasteiger partial charge in [-0.2, -0.15) is 0 Å². The number of sulfonamides is 1. The zero-order valence-electron chi connectivity index (χ0n) is 12.7. The first kappa shape index (κ1) is 16.8. The summed E-state index contributed by atoms with van der Waals surface area (Å²) < 4.78 is 31.9. The van der Waals surface area contributed by atoms with Crippen molar-refractivity contribution >= 4 is 21.4 Å². The Labute approximate surface area is 134 Å². The SMILES string of the molecule is CCN(c1cccc(OC)c1)S(=O)(=O)c1cccc([N+](=O)[O-])c1. The van der Waals surface area contributed by atoms with Crippen LogP contribution in [-0.2, 0) is 10.0 Å². The summed E-state index contributed by atoms with van der Waals surface area (Å²) in [6.45, 7) is 1.87. The van der Waals surface area contributed by atoms with Gasteiger partial charge in [-0.05, 0) is 25.1 Å². The number of rotatable bonds is 6. The molecule has 0 unspecified atom stereocenters. The lowest BCUT2D eigenvalue weighted by Gasteiger charge is -2.23. The number of nitro benzene ring substituents is 1. The van der Waals surface area contributed by atoms with Crippen LogP contribution in [0.4, 0.5) is 11.4 Å². The van der Waals surface area contributed by atoms with Gasteiger partial charge in [0.25, 0.3) is 15.7 Å². The van der Waals surface area contributed by atoms with E-state index in [1.54, 1.807) is 31.2 Å². The van der Waals surface area contributed by atoms with E-state index in [1.807, 2.05) is 0 Å². The number of methoxy groups -OCH3 is 1. The van der Waals surface area contributed by atoms with E-state index in [0.717, 1.165) is 6.07 Å². The fourth-order valence-electron chi connectivity index (χ4n) is 2.14. The first-order valence-electron chi connectivity index (χ1n) is 6.81. The van der Waals surface area contributed by atoms with Crippen LogP contribution in [0, 0.1) is 10.1 Å². The van der Waals surface area contributed by atoms with Crippen molar-refractivity contribution in [2.45, 2.75) is 11.8 Å². The van der Waals surface area contributed by atoms with Gasteiger partial charge in [-0.15, -0.1) is 0 Å². The second kappa shape index (κ2) is 6.66. The van der Waals surface area contributed by atoms with Gasteiger partial charge in [0.15, 0.2) is 0 Å². The van der Waals surface area contributed by atoms with Crippen molar-refractivity contribution in [3.8, 4) is 5.75 Å². The summed E-state index contributed by atoms with van der Waals surface area (Å²) in [5.41, 5.74) is 0.158. The van der Waals surface area contributed by atoms with Crippen LogP contribution in [0.3, 0.4) is 0 Å². The van der Waals surface area contributed by atoms with Crippen LogP contribution in [0.5, 0.6) is 5.75 Å². The quantitative estimate of drug-likeness (QED) is 0.597. The van der Waals surface area contributed by atoms with Crippen molar-refractivity contribution in [1.82, 2.24) is 0 Å². The van der Waals surface area contributed by atoms with Crippen LogP contribution < -0.4 is 9.04 Å². The second-order valence-electron chi connectivity index (χ2n) is 4.63. The molecular weight excluding hydrogens is 320 g/mol. The maximum Gasteiger partial charge on any atom is 0.270 e. The average molecular weight is 336 g/mol. The molecule has 0 atom stereocenters. The Kier molecular flexibility index (Phi) is 4.85. The van der Waals surface area contributed by atoms with Crippen molar-refractivity contribution in [3.05, 3.63) is 58.6 Å². The average Bonchev–Trinajstić information content (AvgIpc) is 2.55. The third-order valence-electron chi connectivity index (χ3n) is 3.24. The van der Waals surface area contributed by atoms with Crippen LogP contribution >= 0.6 is 0 Å². The zero-order chi connectivity index (χ0) is 17.0. The molecule has 2 aromatic rings. The van der Waals surface area contributed by atoms with E-state index in [1.165, 1.54) is 29.6 Å². The summed E-state index contributed by atoms with van der Waals surface area (Å²) in [6.07, 6.45) is 0. The fraction of sp³-hybridized carbons (Fsp3) is 0.200. The summed E-state index contributed by atoms with van der Waals surface area (Å²) in [4.78, 5) is 10.1. The predicted molar refractivity (Wildman–Crippen MR) is 86.3 cm³/mol. The number of non-ortho nitro benzene ring substituents is 1. The van der Waals surface area contributed by atoms with E-state index in [9.17, 15) is 18.5 Å². The molecule has 122 valence electrons. The van der Waals surface area contributed by atoms with Gasteiger partial charge in [0.05, 0.1) is 22.6 Å². The Morgan fingerprint density at radius 1 is 1.17 bits per heavy atom. The minimum atomic E-state index is -3.91. The fourth-order valence-corrected chi connectivity index (χ4v) is 3.65. The van der Waals surface area contributed by atoms with E-state index in [-0.39, 0.29) is 17.1 Å². The highest BCUT2D eigenvalue weighted by Gasteiger charge is 2.25. The highest BCUT2D eigenvalue weighted by Crippen LogP contribution is 2.28.